The lowest BCUT2D eigenvalue weighted by molar-refractivity contribution is -0.384. The van der Waals surface area contributed by atoms with E-state index in [1.54, 1.807) is 41.9 Å². The van der Waals surface area contributed by atoms with Crippen LogP contribution in [0.4, 0.5) is 15.8 Å². The van der Waals surface area contributed by atoms with E-state index in [9.17, 15) is 14.5 Å². The Morgan fingerprint density at radius 2 is 2.00 bits per heavy atom. The van der Waals surface area contributed by atoms with Crippen LogP contribution in [-0.2, 0) is 6.54 Å². The molecule has 0 aliphatic carbocycles. The number of aryl methyl sites for hydroxylation is 1. The van der Waals surface area contributed by atoms with Gasteiger partial charge >= 0.3 is 0 Å². The smallest absolute Gasteiger partial charge is 0.272 e. The van der Waals surface area contributed by atoms with Gasteiger partial charge in [0.05, 0.1) is 28.9 Å². The van der Waals surface area contributed by atoms with Crippen LogP contribution in [0.25, 0.3) is 0 Å². The first kappa shape index (κ1) is 18.5. The second-order valence-corrected chi connectivity index (χ2v) is 6.08. The predicted molar refractivity (Wildman–Crippen MR) is 102 cm³/mol. The van der Waals surface area contributed by atoms with Crippen molar-refractivity contribution in [2.45, 2.75) is 13.5 Å². The minimum absolute atomic E-state index is 0.0792. The highest BCUT2D eigenvalue weighted by Crippen LogP contribution is 2.23. The Balaban J connectivity index is 1.78. The average molecular weight is 388 g/mol. The first-order valence-electron chi connectivity index (χ1n) is 7.95. The van der Waals surface area contributed by atoms with Gasteiger partial charge in [0.1, 0.15) is 16.7 Å². The molecule has 0 fully saturated rings. The van der Waals surface area contributed by atoms with Gasteiger partial charge in [0.25, 0.3) is 5.69 Å². The zero-order valence-corrected chi connectivity index (χ0v) is 15.0. The van der Waals surface area contributed by atoms with Gasteiger partial charge in [-0.05, 0) is 30.7 Å². The molecule has 0 saturated carbocycles. The molecule has 0 bridgehead atoms. The Morgan fingerprint density at radius 3 is 2.70 bits per heavy atom. The van der Waals surface area contributed by atoms with Gasteiger partial charge in [0.15, 0.2) is 0 Å². The topological polar surface area (TPSA) is 85.3 Å². The van der Waals surface area contributed by atoms with E-state index in [-0.39, 0.29) is 17.2 Å². The molecule has 1 aromatic heterocycles. The Labute approximate surface area is 159 Å². The van der Waals surface area contributed by atoms with Crippen LogP contribution in [0.5, 0.6) is 0 Å². The van der Waals surface area contributed by atoms with Crippen LogP contribution in [0.3, 0.4) is 0 Å². The summed E-state index contributed by atoms with van der Waals surface area (Å²) >= 11 is 6.37. The third-order valence-electron chi connectivity index (χ3n) is 3.83. The van der Waals surface area contributed by atoms with E-state index >= 15 is 0 Å². The van der Waals surface area contributed by atoms with Crippen molar-refractivity contribution in [1.29, 1.82) is 0 Å². The van der Waals surface area contributed by atoms with Gasteiger partial charge in [-0.1, -0.05) is 35.9 Å². The number of nitrogens with zero attached hydrogens (tertiary/aromatic N) is 4. The first-order chi connectivity index (χ1) is 13.0. The molecule has 1 N–H and O–H groups in total. The zero-order valence-electron chi connectivity index (χ0n) is 14.3. The fraction of sp³-hybridized carbons (Fsp3) is 0.111. The molecule has 9 heteroatoms. The maximum absolute atomic E-state index is 13.0. The zero-order chi connectivity index (χ0) is 19.4. The fourth-order valence-electron chi connectivity index (χ4n) is 2.48. The predicted octanol–water partition coefficient (Wildman–Crippen LogP) is 4.39. The van der Waals surface area contributed by atoms with Crippen molar-refractivity contribution in [3.8, 4) is 0 Å². The summed E-state index contributed by atoms with van der Waals surface area (Å²) in [5, 5.41) is 19.8. The standard InChI is InChI=1S/C18H15ClFN5O2/c1-12-15(10-21-22-16-4-2-3-5-17(16)25(26)27)18(19)24(23-12)11-13-6-8-14(20)9-7-13/h2-10,22H,11H2,1H3/b21-10-. The molecule has 138 valence electrons. The average Bonchev–Trinajstić information content (AvgIpc) is 2.91. The van der Waals surface area contributed by atoms with Crippen molar-refractivity contribution in [2.24, 2.45) is 5.10 Å². The molecule has 3 aromatic rings. The van der Waals surface area contributed by atoms with Crippen LogP contribution >= 0.6 is 11.6 Å². The van der Waals surface area contributed by atoms with E-state index < -0.39 is 4.92 Å². The number of benzene rings is 2. The van der Waals surface area contributed by atoms with Gasteiger partial charge in [-0.25, -0.2) is 9.07 Å². The van der Waals surface area contributed by atoms with Crippen LogP contribution in [0.2, 0.25) is 5.15 Å². The molecular formula is C18H15ClFN5O2. The molecule has 0 spiro atoms. The molecule has 0 atom stereocenters. The number of anilines is 1. The number of rotatable bonds is 6. The van der Waals surface area contributed by atoms with Crippen LogP contribution in [0, 0.1) is 22.9 Å². The molecule has 3 rings (SSSR count). The summed E-state index contributed by atoms with van der Waals surface area (Å²) in [7, 11) is 0. The van der Waals surface area contributed by atoms with Crippen molar-refractivity contribution < 1.29 is 9.31 Å². The summed E-state index contributed by atoms with van der Waals surface area (Å²) in [5.41, 5.74) is 4.93. The molecule has 1 heterocycles. The molecular weight excluding hydrogens is 373 g/mol. The second-order valence-electron chi connectivity index (χ2n) is 5.72. The summed E-state index contributed by atoms with van der Waals surface area (Å²) in [6.07, 6.45) is 1.46. The lowest BCUT2D eigenvalue weighted by Crippen LogP contribution is -2.02. The number of nitro benzene ring substituents is 1. The summed E-state index contributed by atoms with van der Waals surface area (Å²) < 4.78 is 14.6. The molecule has 0 amide bonds. The third kappa shape index (κ3) is 4.29. The van der Waals surface area contributed by atoms with Gasteiger partial charge in [0.2, 0.25) is 0 Å². The quantitative estimate of drug-likeness (QED) is 0.386. The van der Waals surface area contributed by atoms with E-state index in [1.807, 2.05) is 0 Å². The van der Waals surface area contributed by atoms with E-state index in [0.29, 0.717) is 23.0 Å². The molecule has 2 aromatic carbocycles. The second kappa shape index (κ2) is 7.96. The van der Waals surface area contributed by atoms with Crippen molar-refractivity contribution in [1.82, 2.24) is 9.78 Å². The van der Waals surface area contributed by atoms with Crippen molar-refractivity contribution in [2.75, 3.05) is 5.43 Å². The number of hydrogen-bond acceptors (Lipinski definition) is 5. The Hall–Kier alpha value is -3.26. The number of nitrogens with one attached hydrogen (secondary N) is 1. The Morgan fingerprint density at radius 1 is 1.30 bits per heavy atom. The van der Waals surface area contributed by atoms with Gasteiger partial charge in [0, 0.05) is 6.07 Å². The fourth-order valence-corrected chi connectivity index (χ4v) is 2.76. The van der Waals surface area contributed by atoms with E-state index in [4.69, 9.17) is 11.6 Å². The molecule has 0 aliphatic heterocycles. The first-order valence-corrected chi connectivity index (χ1v) is 8.33. The number of halogens is 2. The molecule has 0 saturated heterocycles. The minimum atomic E-state index is -0.489. The minimum Gasteiger partial charge on any atom is -0.272 e. The SMILES string of the molecule is Cc1nn(Cc2ccc(F)cc2)c(Cl)c1/C=N\Nc1ccccc1[N+](=O)[O-]. The number of para-hydroxylation sites is 2. The normalized spacial score (nSPS) is 11.1. The van der Waals surface area contributed by atoms with E-state index in [1.165, 1.54) is 24.4 Å². The summed E-state index contributed by atoms with van der Waals surface area (Å²) in [5.74, 6) is -0.310. The molecule has 0 unspecified atom stereocenters. The number of hydrogen-bond donors (Lipinski definition) is 1. The largest absolute Gasteiger partial charge is 0.294 e. The van der Waals surface area contributed by atoms with Crippen LogP contribution in [0.1, 0.15) is 16.8 Å². The maximum Gasteiger partial charge on any atom is 0.294 e. The number of hydrazone groups is 1. The molecule has 0 radical (unpaired) electrons. The third-order valence-corrected chi connectivity index (χ3v) is 4.23. The van der Waals surface area contributed by atoms with Crippen molar-refractivity contribution >= 4 is 29.2 Å². The lowest BCUT2D eigenvalue weighted by atomic mass is 10.2. The Kier molecular flexibility index (Phi) is 5.46. The molecule has 7 nitrogen and oxygen atoms in total. The van der Waals surface area contributed by atoms with Crippen LogP contribution in [-0.4, -0.2) is 20.9 Å². The summed E-state index contributed by atoms with van der Waals surface area (Å²) in [4.78, 5) is 10.5. The maximum atomic E-state index is 13.0. The van der Waals surface area contributed by atoms with Gasteiger partial charge < -0.3 is 0 Å². The van der Waals surface area contributed by atoms with Crippen molar-refractivity contribution in [3.63, 3.8) is 0 Å². The summed E-state index contributed by atoms with van der Waals surface area (Å²) in [6, 6.07) is 12.3. The highest BCUT2D eigenvalue weighted by molar-refractivity contribution is 6.32. The van der Waals surface area contributed by atoms with Gasteiger partial charge in [-0.2, -0.15) is 10.2 Å². The molecule has 27 heavy (non-hydrogen) atoms. The van der Waals surface area contributed by atoms with Gasteiger partial charge in [-0.15, -0.1) is 0 Å². The number of aromatic nitrogens is 2. The highest BCUT2D eigenvalue weighted by Gasteiger charge is 2.13. The molecule has 0 aliphatic rings. The highest BCUT2D eigenvalue weighted by atomic mass is 35.5. The van der Waals surface area contributed by atoms with Crippen LogP contribution < -0.4 is 5.43 Å². The monoisotopic (exact) mass is 387 g/mol. The van der Waals surface area contributed by atoms with E-state index in [0.717, 1.165) is 5.56 Å². The summed E-state index contributed by atoms with van der Waals surface area (Å²) in [6.45, 7) is 2.16. The van der Waals surface area contributed by atoms with Crippen LogP contribution in [0.15, 0.2) is 53.6 Å². The lowest BCUT2D eigenvalue weighted by Gasteiger charge is -2.03. The van der Waals surface area contributed by atoms with Crippen molar-refractivity contribution in [3.05, 3.63) is 86.4 Å². The Bertz CT molecular complexity index is 1000. The van der Waals surface area contributed by atoms with E-state index in [2.05, 4.69) is 15.6 Å². The number of nitro groups is 1. The van der Waals surface area contributed by atoms with Gasteiger partial charge in [-0.3, -0.25) is 15.5 Å².